The normalized spacial score (nSPS) is 12.2. The molecule has 0 amide bonds. The summed E-state index contributed by atoms with van der Waals surface area (Å²) in [5.41, 5.74) is 10.5. The zero-order chi connectivity index (χ0) is 28.1. The minimum atomic E-state index is 0.943. The summed E-state index contributed by atoms with van der Waals surface area (Å²) in [7, 11) is 0. The number of para-hydroxylation sites is 2. The van der Waals surface area contributed by atoms with Crippen LogP contribution in [0.4, 0.5) is 0 Å². The van der Waals surface area contributed by atoms with Crippen LogP contribution in [0.2, 0.25) is 0 Å². The van der Waals surface area contributed by atoms with Gasteiger partial charge in [0.05, 0.1) is 27.6 Å². The molecular formula is C40H23N3. The maximum atomic E-state index is 4.78. The molecular weight excluding hydrogens is 522 g/mol. The molecule has 0 bridgehead atoms. The zero-order valence-electron chi connectivity index (χ0n) is 23.1. The summed E-state index contributed by atoms with van der Waals surface area (Å²) in [4.78, 5) is 9.50. The Balaban J connectivity index is 1.16. The summed E-state index contributed by atoms with van der Waals surface area (Å²) in [6.07, 6.45) is 3.57. The molecule has 0 aliphatic rings. The van der Waals surface area contributed by atoms with Gasteiger partial charge in [0.2, 0.25) is 0 Å². The monoisotopic (exact) mass is 545 g/mol. The molecule has 0 spiro atoms. The highest BCUT2D eigenvalue weighted by Gasteiger charge is 2.17. The molecule has 0 N–H and O–H groups in total. The smallest absolute Gasteiger partial charge is 0.0971 e. The molecule has 198 valence electrons. The number of aromatic nitrogens is 3. The van der Waals surface area contributed by atoms with E-state index in [1.807, 2.05) is 0 Å². The SMILES string of the molecule is c1cc(-c2ccc3c4ccccc4c4nccnc4c3c2)cc(-c2ccc3c(c2)c2cccc4c5ccccc5n3c42)c1. The van der Waals surface area contributed by atoms with Crippen LogP contribution >= 0.6 is 0 Å². The van der Waals surface area contributed by atoms with Crippen molar-refractivity contribution in [3.63, 3.8) is 0 Å². The van der Waals surface area contributed by atoms with Gasteiger partial charge in [-0.25, -0.2) is 0 Å². The number of nitrogens with zero attached hydrogens (tertiary/aromatic N) is 3. The standard InChI is InChI=1S/C40H23N3/c1-2-11-31-28(9-1)29-17-15-26(23-35(29)39-38(31)41-19-20-42-39)24-7-5-8-25(21-24)27-16-18-37-34(22-27)33-13-6-12-32-30-10-3-4-14-36(30)43(37)40(32)33/h1-23H. The van der Waals surface area contributed by atoms with E-state index < -0.39 is 0 Å². The third-order valence-electron chi connectivity index (χ3n) is 9.20. The van der Waals surface area contributed by atoms with Crippen LogP contribution in [0.5, 0.6) is 0 Å². The number of hydrogen-bond acceptors (Lipinski definition) is 2. The number of rotatable bonds is 2. The molecule has 7 aromatic carbocycles. The Morgan fingerprint density at radius 3 is 1.70 bits per heavy atom. The van der Waals surface area contributed by atoms with Gasteiger partial charge in [0, 0.05) is 44.7 Å². The average molecular weight is 546 g/mol. The molecule has 3 aromatic heterocycles. The van der Waals surface area contributed by atoms with Crippen molar-refractivity contribution in [3.05, 3.63) is 140 Å². The van der Waals surface area contributed by atoms with Crippen molar-refractivity contribution < 1.29 is 0 Å². The van der Waals surface area contributed by atoms with Gasteiger partial charge in [-0.15, -0.1) is 0 Å². The number of fused-ring (bicyclic) bond motifs is 12. The molecule has 0 aliphatic heterocycles. The number of benzene rings is 7. The first-order valence-electron chi connectivity index (χ1n) is 14.7. The summed E-state index contributed by atoms with van der Waals surface area (Å²) < 4.78 is 2.43. The molecule has 10 aromatic rings. The first-order chi connectivity index (χ1) is 21.3. The van der Waals surface area contributed by atoms with Gasteiger partial charge in [-0.2, -0.15) is 0 Å². The molecule has 10 rings (SSSR count). The fraction of sp³-hybridized carbons (Fsp3) is 0. The lowest BCUT2D eigenvalue weighted by Crippen LogP contribution is -1.89. The van der Waals surface area contributed by atoms with Crippen LogP contribution in [0, 0.1) is 0 Å². The van der Waals surface area contributed by atoms with E-state index in [0.717, 1.165) is 21.8 Å². The predicted molar refractivity (Wildman–Crippen MR) is 180 cm³/mol. The second kappa shape index (κ2) is 8.37. The largest absolute Gasteiger partial charge is 0.308 e. The third kappa shape index (κ3) is 3.08. The van der Waals surface area contributed by atoms with Crippen molar-refractivity contribution in [2.24, 2.45) is 0 Å². The molecule has 43 heavy (non-hydrogen) atoms. The summed E-state index contributed by atoms with van der Waals surface area (Å²) >= 11 is 0. The molecule has 0 atom stereocenters. The maximum absolute atomic E-state index is 4.78. The zero-order valence-corrected chi connectivity index (χ0v) is 23.1. The molecule has 0 unspecified atom stereocenters. The van der Waals surface area contributed by atoms with Gasteiger partial charge in [-0.05, 0) is 63.4 Å². The topological polar surface area (TPSA) is 30.2 Å². The van der Waals surface area contributed by atoms with Crippen LogP contribution in [0.1, 0.15) is 0 Å². The van der Waals surface area contributed by atoms with Gasteiger partial charge in [0.15, 0.2) is 0 Å². The van der Waals surface area contributed by atoms with Gasteiger partial charge in [0.25, 0.3) is 0 Å². The van der Waals surface area contributed by atoms with E-state index in [2.05, 4.69) is 132 Å². The Morgan fingerprint density at radius 1 is 0.349 bits per heavy atom. The van der Waals surface area contributed by atoms with E-state index in [4.69, 9.17) is 9.97 Å². The van der Waals surface area contributed by atoms with Crippen molar-refractivity contribution in [2.45, 2.75) is 0 Å². The van der Waals surface area contributed by atoms with E-state index in [1.54, 1.807) is 12.4 Å². The summed E-state index contributed by atoms with van der Waals surface area (Å²) in [5.74, 6) is 0. The fourth-order valence-corrected chi connectivity index (χ4v) is 7.30. The van der Waals surface area contributed by atoms with E-state index in [-0.39, 0.29) is 0 Å². The van der Waals surface area contributed by atoms with Gasteiger partial charge >= 0.3 is 0 Å². The highest BCUT2D eigenvalue weighted by molar-refractivity contribution is 6.24. The first-order valence-corrected chi connectivity index (χ1v) is 14.7. The van der Waals surface area contributed by atoms with Crippen LogP contribution < -0.4 is 0 Å². The summed E-state index contributed by atoms with van der Waals surface area (Å²) in [6, 6.07) is 46.4. The Labute approximate surface area is 246 Å². The lowest BCUT2D eigenvalue weighted by atomic mass is 9.94. The van der Waals surface area contributed by atoms with Gasteiger partial charge in [-0.3, -0.25) is 9.97 Å². The second-order valence-electron chi connectivity index (χ2n) is 11.4. The van der Waals surface area contributed by atoms with Gasteiger partial charge < -0.3 is 4.40 Å². The van der Waals surface area contributed by atoms with E-state index in [1.165, 1.54) is 71.1 Å². The predicted octanol–water partition coefficient (Wildman–Crippen LogP) is 10.4. The lowest BCUT2D eigenvalue weighted by molar-refractivity contribution is 1.31. The highest BCUT2D eigenvalue weighted by Crippen LogP contribution is 2.41. The Bertz CT molecular complexity index is 2700. The van der Waals surface area contributed by atoms with Crippen LogP contribution in [0.15, 0.2) is 140 Å². The number of hydrogen-bond donors (Lipinski definition) is 0. The van der Waals surface area contributed by atoms with Crippen LogP contribution in [0.3, 0.4) is 0 Å². The van der Waals surface area contributed by atoms with Crippen molar-refractivity contribution in [2.75, 3.05) is 0 Å². The van der Waals surface area contributed by atoms with Crippen molar-refractivity contribution in [3.8, 4) is 22.3 Å². The second-order valence-corrected chi connectivity index (χ2v) is 11.4. The molecule has 0 aliphatic carbocycles. The summed E-state index contributed by atoms with van der Waals surface area (Å²) in [5, 5.41) is 9.89. The quantitative estimate of drug-likeness (QED) is 0.202. The molecule has 0 radical (unpaired) electrons. The fourth-order valence-electron chi connectivity index (χ4n) is 7.30. The van der Waals surface area contributed by atoms with Crippen LogP contribution in [0.25, 0.3) is 92.9 Å². The maximum Gasteiger partial charge on any atom is 0.0971 e. The Morgan fingerprint density at radius 2 is 0.884 bits per heavy atom. The molecule has 0 fully saturated rings. The molecule has 3 nitrogen and oxygen atoms in total. The third-order valence-corrected chi connectivity index (χ3v) is 9.20. The molecule has 0 saturated heterocycles. The first kappa shape index (κ1) is 22.8. The lowest BCUT2D eigenvalue weighted by Gasteiger charge is -2.11. The van der Waals surface area contributed by atoms with E-state index in [9.17, 15) is 0 Å². The highest BCUT2D eigenvalue weighted by atomic mass is 14.9. The van der Waals surface area contributed by atoms with Crippen molar-refractivity contribution >= 4 is 70.7 Å². The van der Waals surface area contributed by atoms with Crippen molar-refractivity contribution in [1.82, 2.24) is 14.4 Å². The van der Waals surface area contributed by atoms with Crippen molar-refractivity contribution in [1.29, 1.82) is 0 Å². The van der Waals surface area contributed by atoms with Gasteiger partial charge in [0.1, 0.15) is 0 Å². The summed E-state index contributed by atoms with van der Waals surface area (Å²) in [6.45, 7) is 0. The van der Waals surface area contributed by atoms with Gasteiger partial charge in [-0.1, -0.05) is 97.1 Å². The van der Waals surface area contributed by atoms with E-state index in [0.29, 0.717) is 0 Å². The Hall–Kier alpha value is -5.80. The van der Waals surface area contributed by atoms with Crippen LogP contribution in [-0.2, 0) is 0 Å². The minimum absolute atomic E-state index is 0.943. The minimum Gasteiger partial charge on any atom is -0.308 e. The van der Waals surface area contributed by atoms with E-state index >= 15 is 0 Å². The average Bonchev–Trinajstić information content (AvgIpc) is 3.60. The Kier molecular flexibility index (Phi) is 4.45. The molecule has 3 heterocycles. The molecule has 3 heteroatoms. The van der Waals surface area contributed by atoms with Crippen LogP contribution in [-0.4, -0.2) is 14.4 Å². The molecule has 0 saturated carbocycles.